The minimum absolute atomic E-state index is 0.00401. The Hall–Kier alpha value is -2.28. The summed E-state index contributed by atoms with van der Waals surface area (Å²) in [6.45, 7) is 6.51. The summed E-state index contributed by atoms with van der Waals surface area (Å²) in [5.41, 5.74) is 4.38. The van der Waals surface area contributed by atoms with E-state index in [0.717, 1.165) is 41.3 Å². The number of quaternary nitrogens is 1. The van der Waals surface area contributed by atoms with Crippen LogP contribution in [-0.4, -0.2) is 29.4 Å². The van der Waals surface area contributed by atoms with E-state index in [1.54, 1.807) is 30.0 Å². The molecular formula is C26H33ClN3O2S+. The molecule has 1 fully saturated rings. The normalized spacial score (nSPS) is 20.2. The second kappa shape index (κ2) is 12.3. The number of hydrogen-bond acceptors (Lipinski definition) is 4. The van der Waals surface area contributed by atoms with Crippen molar-refractivity contribution in [3.63, 3.8) is 0 Å². The first-order chi connectivity index (χ1) is 15.9. The number of halogens is 1. The van der Waals surface area contributed by atoms with Crippen molar-refractivity contribution in [1.82, 2.24) is 10.3 Å². The molecule has 0 saturated carbocycles. The fourth-order valence-corrected chi connectivity index (χ4v) is 5.17. The van der Waals surface area contributed by atoms with Gasteiger partial charge in [0, 0.05) is 35.5 Å². The van der Waals surface area contributed by atoms with Crippen molar-refractivity contribution in [2.24, 2.45) is 5.92 Å². The third kappa shape index (κ3) is 6.85. The third-order valence-electron chi connectivity index (χ3n) is 6.12. The van der Waals surface area contributed by atoms with Crippen LogP contribution in [0.4, 0.5) is 0 Å². The molecule has 1 aliphatic heterocycles. The lowest BCUT2D eigenvalue weighted by molar-refractivity contribution is -0.840. The maximum Gasteiger partial charge on any atom is 0.335 e. The van der Waals surface area contributed by atoms with E-state index in [-0.39, 0.29) is 23.8 Å². The highest BCUT2D eigenvalue weighted by atomic mass is 35.5. The van der Waals surface area contributed by atoms with Gasteiger partial charge in [0.2, 0.25) is 5.91 Å². The lowest BCUT2D eigenvalue weighted by Crippen LogP contribution is -3.14. The molecule has 2 N–H and O–H groups in total. The molecule has 7 heteroatoms. The molecular weight excluding hydrogens is 454 g/mol. The van der Waals surface area contributed by atoms with Gasteiger partial charge >= 0.3 is 5.91 Å². The Morgan fingerprint density at radius 1 is 1.30 bits per heavy atom. The van der Waals surface area contributed by atoms with Crippen molar-refractivity contribution in [1.29, 1.82) is 0 Å². The molecule has 2 amide bonds. The number of hydrogen-bond donors (Lipinski definition) is 2. The zero-order valence-corrected chi connectivity index (χ0v) is 21.1. The first kappa shape index (κ1) is 25.3. The number of amides is 2. The van der Waals surface area contributed by atoms with Gasteiger partial charge in [-0.05, 0) is 31.2 Å². The van der Waals surface area contributed by atoms with E-state index in [0.29, 0.717) is 12.0 Å². The lowest BCUT2D eigenvalue weighted by Gasteiger charge is -2.26. The maximum absolute atomic E-state index is 13.4. The van der Waals surface area contributed by atoms with E-state index in [1.165, 1.54) is 5.56 Å². The van der Waals surface area contributed by atoms with E-state index >= 15 is 0 Å². The monoisotopic (exact) mass is 486 g/mol. The molecule has 2 heterocycles. The standard InChI is InChI=1S/C26H32ClN3O2S/c1-18(2)23(26(32)30-14-7-10-22(30)25-28-13-15-33-25)29-24(31)19(3)11-12-21(17-27)16-20-8-5-4-6-9-20/h4-6,8-9,11,13,15,17-18,22-23H,7,10,12,14,16H2,1-3H3,(H,29,31)/p+1/b19-11+,21-17+. The number of nitrogens with zero attached hydrogens (tertiary/aromatic N) is 1. The van der Waals surface area contributed by atoms with E-state index in [2.05, 4.69) is 22.4 Å². The highest BCUT2D eigenvalue weighted by Crippen LogP contribution is 2.21. The Morgan fingerprint density at radius 3 is 2.70 bits per heavy atom. The molecule has 0 radical (unpaired) electrons. The summed E-state index contributed by atoms with van der Waals surface area (Å²) in [5.74, 6) is -0.162. The average Bonchev–Trinajstić information content (AvgIpc) is 3.51. The van der Waals surface area contributed by atoms with Crippen LogP contribution in [0.15, 0.2) is 64.7 Å². The van der Waals surface area contributed by atoms with Crippen molar-refractivity contribution in [2.75, 3.05) is 6.54 Å². The van der Waals surface area contributed by atoms with Crippen molar-refractivity contribution < 1.29 is 14.5 Å². The summed E-state index contributed by atoms with van der Waals surface area (Å²) >= 11 is 7.63. The van der Waals surface area contributed by atoms with Gasteiger partial charge in [0.25, 0.3) is 0 Å². The Balaban J connectivity index is 1.63. The number of carbonyl (C=O) groups excluding carboxylic acids is 2. The molecule has 5 nitrogen and oxygen atoms in total. The number of rotatable bonds is 9. The molecule has 1 aromatic heterocycles. The summed E-state index contributed by atoms with van der Waals surface area (Å²) in [7, 11) is 0. The molecule has 1 aliphatic rings. The van der Waals surface area contributed by atoms with Gasteiger partial charge < -0.3 is 5.32 Å². The van der Waals surface area contributed by atoms with Crippen LogP contribution in [0.25, 0.3) is 0 Å². The molecule has 1 saturated heterocycles. The topological polar surface area (TPSA) is 63.5 Å². The summed E-state index contributed by atoms with van der Waals surface area (Å²) in [6, 6.07) is 9.65. The van der Waals surface area contributed by atoms with Gasteiger partial charge in [0.15, 0.2) is 5.01 Å². The number of thiazole rings is 1. The van der Waals surface area contributed by atoms with Crippen LogP contribution >= 0.6 is 22.9 Å². The number of aromatic nitrogens is 1. The Bertz CT molecular complexity index is 986. The molecule has 3 rings (SSSR count). The number of nitrogens with one attached hydrogen (secondary N) is 2. The Morgan fingerprint density at radius 2 is 2.06 bits per heavy atom. The number of likely N-dealkylation sites (tertiary alicyclic amines) is 1. The minimum Gasteiger partial charge on any atom is -0.337 e. The summed E-state index contributed by atoms with van der Waals surface area (Å²) < 4.78 is 0. The summed E-state index contributed by atoms with van der Waals surface area (Å²) in [6.07, 6.45) is 6.92. The molecule has 0 bridgehead atoms. The van der Waals surface area contributed by atoms with Crippen LogP contribution in [0.2, 0.25) is 0 Å². The van der Waals surface area contributed by atoms with Crippen LogP contribution in [0.3, 0.4) is 0 Å². The number of allylic oxidation sites excluding steroid dienone is 2. The third-order valence-corrected chi connectivity index (χ3v) is 7.32. The van der Waals surface area contributed by atoms with Gasteiger partial charge in [0.1, 0.15) is 12.1 Å². The molecule has 3 unspecified atom stereocenters. The van der Waals surface area contributed by atoms with Gasteiger partial charge in [-0.3, -0.25) is 9.69 Å². The SMILES string of the molecule is C/C(=C\C/C(=C\Cl)Cc1ccccc1)C(=O)NC(C(=O)[NH+]1CCCC1c1nccs1)C(C)C. The predicted molar refractivity (Wildman–Crippen MR) is 134 cm³/mol. The fourth-order valence-electron chi connectivity index (χ4n) is 4.20. The molecule has 3 atom stereocenters. The average molecular weight is 487 g/mol. The van der Waals surface area contributed by atoms with E-state index < -0.39 is 6.04 Å². The molecule has 0 spiro atoms. The highest BCUT2D eigenvalue weighted by molar-refractivity contribution is 7.09. The van der Waals surface area contributed by atoms with Crippen LogP contribution in [0.5, 0.6) is 0 Å². The van der Waals surface area contributed by atoms with Crippen molar-refractivity contribution in [2.45, 2.75) is 58.5 Å². The molecule has 0 aliphatic carbocycles. The number of benzene rings is 1. The first-order valence-electron chi connectivity index (χ1n) is 11.5. The fraction of sp³-hybridized carbons (Fsp3) is 0.423. The molecule has 33 heavy (non-hydrogen) atoms. The largest absolute Gasteiger partial charge is 0.337 e. The van der Waals surface area contributed by atoms with Gasteiger partial charge in [-0.25, -0.2) is 9.78 Å². The second-order valence-corrected chi connectivity index (χ2v) is 10.1. The molecule has 2 aromatic rings. The highest BCUT2D eigenvalue weighted by Gasteiger charge is 2.42. The summed E-state index contributed by atoms with van der Waals surface area (Å²) in [5, 5.41) is 5.95. The Labute approximate surface area is 205 Å². The van der Waals surface area contributed by atoms with Crippen molar-refractivity contribution in [3.05, 3.63) is 75.2 Å². The van der Waals surface area contributed by atoms with Crippen LogP contribution in [0, 0.1) is 5.92 Å². The molecule has 176 valence electrons. The molecule has 1 aromatic carbocycles. The lowest BCUT2D eigenvalue weighted by atomic mass is 10.0. The Kier molecular flexibility index (Phi) is 9.41. The first-order valence-corrected chi connectivity index (χ1v) is 12.8. The van der Waals surface area contributed by atoms with E-state index in [1.807, 2.05) is 43.5 Å². The summed E-state index contributed by atoms with van der Waals surface area (Å²) in [4.78, 5) is 31.7. The van der Waals surface area contributed by atoms with E-state index in [9.17, 15) is 9.59 Å². The predicted octanol–water partition coefficient (Wildman–Crippen LogP) is 4.23. The maximum atomic E-state index is 13.4. The smallest absolute Gasteiger partial charge is 0.335 e. The second-order valence-electron chi connectivity index (χ2n) is 8.92. The van der Waals surface area contributed by atoms with Crippen LogP contribution in [-0.2, 0) is 16.0 Å². The van der Waals surface area contributed by atoms with Gasteiger partial charge in [-0.1, -0.05) is 67.4 Å². The minimum atomic E-state index is -0.538. The van der Waals surface area contributed by atoms with E-state index in [4.69, 9.17) is 11.6 Å². The zero-order chi connectivity index (χ0) is 23.8. The van der Waals surface area contributed by atoms with Gasteiger partial charge in [-0.2, -0.15) is 0 Å². The quantitative estimate of drug-likeness (QED) is 0.521. The van der Waals surface area contributed by atoms with Gasteiger partial charge in [-0.15, -0.1) is 11.3 Å². The van der Waals surface area contributed by atoms with Crippen LogP contribution in [0.1, 0.15) is 56.6 Å². The zero-order valence-electron chi connectivity index (χ0n) is 19.5. The number of carbonyl (C=O) groups is 2. The van der Waals surface area contributed by atoms with Gasteiger partial charge in [0.05, 0.1) is 6.54 Å². The van der Waals surface area contributed by atoms with Crippen molar-refractivity contribution >= 4 is 34.8 Å². The van der Waals surface area contributed by atoms with Crippen molar-refractivity contribution in [3.8, 4) is 0 Å². The van der Waals surface area contributed by atoms with Crippen LogP contribution < -0.4 is 10.2 Å².